The van der Waals surface area contributed by atoms with Crippen LogP contribution in [0.1, 0.15) is 63.5 Å². The molecule has 1 aliphatic carbocycles. The van der Waals surface area contributed by atoms with E-state index < -0.39 is 0 Å². The second-order valence-corrected chi connectivity index (χ2v) is 5.75. The minimum Gasteiger partial charge on any atom is -0.310 e. The van der Waals surface area contributed by atoms with Crippen LogP contribution in [0.4, 0.5) is 0 Å². The molecule has 18 heavy (non-hydrogen) atoms. The van der Waals surface area contributed by atoms with Crippen molar-refractivity contribution in [2.75, 3.05) is 6.54 Å². The van der Waals surface area contributed by atoms with Crippen LogP contribution in [0.15, 0.2) is 30.3 Å². The highest BCUT2D eigenvalue weighted by molar-refractivity contribution is 5.17. The molecule has 2 rings (SSSR count). The summed E-state index contributed by atoms with van der Waals surface area (Å²) in [5, 5.41) is 3.72. The van der Waals surface area contributed by atoms with Crippen LogP contribution < -0.4 is 5.32 Å². The van der Waals surface area contributed by atoms with Gasteiger partial charge in [-0.05, 0) is 37.8 Å². The molecule has 0 aromatic heterocycles. The zero-order valence-electron chi connectivity index (χ0n) is 11.7. The average molecular weight is 245 g/mol. The van der Waals surface area contributed by atoms with Gasteiger partial charge in [-0.15, -0.1) is 0 Å². The SMILES string of the molecule is CC(NCC1CCCCCCC1)c1ccccc1. The topological polar surface area (TPSA) is 12.0 Å². The summed E-state index contributed by atoms with van der Waals surface area (Å²) in [6.07, 6.45) is 10.1. The Morgan fingerprint density at radius 1 is 1.00 bits per heavy atom. The van der Waals surface area contributed by atoms with Crippen molar-refractivity contribution in [2.45, 2.75) is 57.9 Å². The van der Waals surface area contributed by atoms with E-state index in [0.29, 0.717) is 6.04 Å². The Labute approximate surface area is 112 Å². The van der Waals surface area contributed by atoms with E-state index in [1.165, 1.54) is 57.1 Å². The van der Waals surface area contributed by atoms with Gasteiger partial charge < -0.3 is 5.32 Å². The first-order valence-corrected chi connectivity index (χ1v) is 7.64. The zero-order valence-corrected chi connectivity index (χ0v) is 11.7. The molecule has 1 nitrogen and oxygen atoms in total. The van der Waals surface area contributed by atoms with Crippen LogP contribution in [0.3, 0.4) is 0 Å². The molecule has 1 unspecified atom stereocenters. The van der Waals surface area contributed by atoms with Gasteiger partial charge in [-0.2, -0.15) is 0 Å². The van der Waals surface area contributed by atoms with E-state index in [0.717, 1.165) is 5.92 Å². The Morgan fingerprint density at radius 2 is 1.61 bits per heavy atom. The maximum atomic E-state index is 3.72. The maximum absolute atomic E-state index is 3.72. The second kappa shape index (κ2) is 7.58. The zero-order chi connectivity index (χ0) is 12.6. The van der Waals surface area contributed by atoms with Crippen LogP contribution in [-0.4, -0.2) is 6.54 Å². The quantitative estimate of drug-likeness (QED) is 0.811. The monoisotopic (exact) mass is 245 g/mol. The highest BCUT2D eigenvalue weighted by atomic mass is 14.9. The van der Waals surface area contributed by atoms with E-state index in [1.54, 1.807) is 0 Å². The first-order valence-electron chi connectivity index (χ1n) is 7.64. The first-order chi connectivity index (χ1) is 8.86. The highest BCUT2D eigenvalue weighted by Gasteiger charge is 2.12. The summed E-state index contributed by atoms with van der Waals surface area (Å²) in [6.45, 7) is 3.47. The predicted molar refractivity (Wildman–Crippen MR) is 78.7 cm³/mol. The van der Waals surface area contributed by atoms with Gasteiger partial charge >= 0.3 is 0 Å². The van der Waals surface area contributed by atoms with Crippen molar-refractivity contribution in [3.05, 3.63) is 35.9 Å². The minimum atomic E-state index is 0.483. The summed E-state index contributed by atoms with van der Waals surface area (Å²) in [5.41, 5.74) is 1.41. The summed E-state index contributed by atoms with van der Waals surface area (Å²) < 4.78 is 0. The van der Waals surface area contributed by atoms with Crippen molar-refractivity contribution >= 4 is 0 Å². The molecule has 0 bridgehead atoms. The lowest BCUT2D eigenvalue weighted by Crippen LogP contribution is -2.26. The third kappa shape index (κ3) is 4.45. The van der Waals surface area contributed by atoms with Crippen LogP contribution in [0.25, 0.3) is 0 Å². The Kier molecular flexibility index (Phi) is 5.73. The van der Waals surface area contributed by atoms with Crippen LogP contribution in [0.5, 0.6) is 0 Å². The number of benzene rings is 1. The van der Waals surface area contributed by atoms with Gasteiger partial charge in [0, 0.05) is 6.04 Å². The molecular formula is C17H27N. The van der Waals surface area contributed by atoms with Crippen molar-refractivity contribution in [3.8, 4) is 0 Å². The third-order valence-electron chi connectivity index (χ3n) is 4.24. The number of rotatable bonds is 4. The molecule has 1 heteroatoms. The van der Waals surface area contributed by atoms with Gasteiger partial charge in [0.25, 0.3) is 0 Å². The summed E-state index contributed by atoms with van der Waals surface area (Å²) in [4.78, 5) is 0. The molecule has 0 aliphatic heterocycles. The van der Waals surface area contributed by atoms with E-state index in [9.17, 15) is 0 Å². The smallest absolute Gasteiger partial charge is 0.0291 e. The summed E-state index contributed by atoms with van der Waals surface area (Å²) in [5.74, 6) is 0.900. The van der Waals surface area contributed by atoms with Crippen LogP contribution >= 0.6 is 0 Å². The molecule has 1 aromatic rings. The third-order valence-corrected chi connectivity index (χ3v) is 4.24. The number of hydrogen-bond donors (Lipinski definition) is 1. The molecule has 1 atom stereocenters. The lowest BCUT2D eigenvalue weighted by atomic mass is 9.91. The molecule has 0 saturated heterocycles. The largest absolute Gasteiger partial charge is 0.310 e. The Bertz CT molecular complexity index is 312. The van der Waals surface area contributed by atoms with E-state index in [4.69, 9.17) is 0 Å². The van der Waals surface area contributed by atoms with Crippen LogP contribution in [0, 0.1) is 5.92 Å². The average Bonchev–Trinajstić information content (AvgIpc) is 2.38. The summed E-state index contributed by atoms with van der Waals surface area (Å²) in [6, 6.07) is 11.3. The van der Waals surface area contributed by atoms with Crippen molar-refractivity contribution in [1.82, 2.24) is 5.32 Å². The fourth-order valence-electron chi connectivity index (χ4n) is 2.95. The summed E-state index contributed by atoms with van der Waals surface area (Å²) >= 11 is 0. The highest BCUT2D eigenvalue weighted by Crippen LogP contribution is 2.22. The molecule has 0 amide bonds. The van der Waals surface area contributed by atoms with E-state index in [2.05, 4.69) is 42.6 Å². The molecule has 1 N–H and O–H groups in total. The lowest BCUT2D eigenvalue weighted by Gasteiger charge is -2.22. The fourth-order valence-corrected chi connectivity index (χ4v) is 2.95. The number of hydrogen-bond acceptors (Lipinski definition) is 1. The van der Waals surface area contributed by atoms with Crippen molar-refractivity contribution in [1.29, 1.82) is 0 Å². The van der Waals surface area contributed by atoms with Gasteiger partial charge in [0.05, 0.1) is 0 Å². The lowest BCUT2D eigenvalue weighted by molar-refractivity contribution is 0.349. The molecule has 1 aromatic carbocycles. The second-order valence-electron chi connectivity index (χ2n) is 5.75. The van der Waals surface area contributed by atoms with Gasteiger partial charge in [0.2, 0.25) is 0 Å². The van der Waals surface area contributed by atoms with Gasteiger partial charge in [-0.1, -0.05) is 62.4 Å². The van der Waals surface area contributed by atoms with Crippen LogP contribution in [0.2, 0.25) is 0 Å². The number of nitrogens with one attached hydrogen (secondary N) is 1. The first kappa shape index (κ1) is 13.6. The Morgan fingerprint density at radius 3 is 2.28 bits per heavy atom. The maximum Gasteiger partial charge on any atom is 0.0291 e. The molecule has 1 aliphatic rings. The standard InChI is InChI=1S/C17H27N/c1-15(17-12-8-5-9-13-17)18-14-16-10-6-3-2-4-7-11-16/h5,8-9,12-13,15-16,18H,2-4,6-7,10-11,14H2,1H3. The molecular weight excluding hydrogens is 218 g/mol. The molecule has 0 heterocycles. The molecule has 1 saturated carbocycles. The van der Waals surface area contributed by atoms with Gasteiger partial charge in [-0.3, -0.25) is 0 Å². The van der Waals surface area contributed by atoms with Gasteiger partial charge in [0.1, 0.15) is 0 Å². The molecule has 1 fully saturated rings. The Balaban J connectivity index is 1.76. The molecule has 0 spiro atoms. The van der Waals surface area contributed by atoms with E-state index >= 15 is 0 Å². The van der Waals surface area contributed by atoms with Crippen LogP contribution in [-0.2, 0) is 0 Å². The Hall–Kier alpha value is -0.820. The van der Waals surface area contributed by atoms with Crippen molar-refractivity contribution < 1.29 is 0 Å². The minimum absolute atomic E-state index is 0.483. The molecule has 100 valence electrons. The fraction of sp³-hybridized carbons (Fsp3) is 0.647. The van der Waals surface area contributed by atoms with Crippen molar-refractivity contribution in [3.63, 3.8) is 0 Å². The normalized spacial score (nSPS) is 20.1. The van der Waals surface area contributed by atoms with E-state index in [1.807, 2.05) is 0 Å². The van der Waals surface area contributed by atoms with E-state index in [-0.39, 0.29) is 0 Å². The van der Waals surface area contributed by atoms with Gasteiger partial charge in [-0.25, -0.2) is 0 Å². The summed E-state index contributed by atoms with van der Waals surface area (Å²) in [7, 11) is 0. The van der Waals surface area contributed by atoms with Gasteiger partial charge in [0.15, 0.2) is 0 Å². The predicted octanol–water partition coefficient (Wildman–Crippen LogP) is 4.70. The van der Waals surface area contributed by atoms with Crippen molar-refractivity contribution in [2.24, 2.45) is 5.92 Å². The molecule has 0 radical (unpaired) electrons.